The molecule has 0 radical (unpaired) electrons. The predicted molar refractivity (Wildman–Crippen MR) is 100 cm³/mol. The average molecular weight is 350 g/mol. The van der Waals surface area contributed by atoms with E-state index in [9.17, 15) is 4.79 Å². The Balaban J connectivity index is 1.83. The Labute approximate surface area is 150 Å². The van der Waals surface area contributed by atoms with Crippen LogP contribution in [0.2, 0.25) is 0 Å². The summed E-state index contributed by atoms with van der Waals surface area (Å²) >= 11 is 1.63. The van der Waals surface area contributed by atoms with E-state index in [-0.39, 0.29) is 12.1 Å². The molecule has 1 aliphatic rings. The van der Waals surface area contributed by atoms with E-state index < -0.39 is 0 Å². The first-order valence-electron chi connectivity index (χ1n) is 8.19. The lowest BCUT2D eigenvalue weighted by Crippen LogP contribution is -2.43. The molecule has 1 atom stereocenters. The number of hydrogen-bond acceptors (Lipinski definition) is 5. The first-order valence-corrected chi connectivity index (χ1v) is 9.07. The van der Waals surface area contributed by atoms with Crippen LogP contribution in [0.1, 0.15) is 47.0 Å². The number of benzene rings is 1. The zero-order valence-electron chi connectivity index (χ0n) is 14.0. The van der Waals surface area contributed by atoms with Gasteiger partial charge in [0.05, 0.1) is 16.3 Å². The number of carbonyl (C=O) groups is 1. The molecule has 5 nitrogen and oxygen atoms in total. The van der Waals surface area contributed by atoms with Gasteiger partial charge in [0.25, 0.3) is 5.91 Å². The molecule has 1 N–H and O–H groups in total. The maximum absolute atomic E-state index is 13.2. The van der Waals surface area contributed by atoms with Crippen LogP contribution in [0.3, 0.4) is 0 Å². The SMILES string of the molecule is CC(C)c1nc([C@H]2Nc3ccccc3C(=O)N2c2ccncc2)cs1. The van der Waals surface area contributed by atoms with Crippen LogP contribution >= 0.6 is 11.3 Å². The largest absolute Gasteiger partial charge is 0.359 e. The number of hydrogen-bond donors (Lipinski definition) is 1. The highest BCUT2D eigenvalue weighted by Crippen LogP contribution is 2.37. The van der Waals surface area contributed by atoms with Crippen LogP contribution in [-0.4, -0.2) is 15.9 Å². The fourth-order valence-electron chi connectivity index (χ4n) is 2.92. The van der Waals surface area contributed by atoms with Gasteiger partial charge >= 0.3 is 0 Å². The number of aromatic nitrogens is 2. The second-order valence-electron chi connectivity index (χ2n) is 6.24. The van der Waals surface area contributed by atoms with E-state index in [1.807, 2.05) is 41.8 Å². The van der Waals surface area contributed by atoms with Crippen LogP contribution in [0.4, 0.5) is 11.4 Å². The third-order valence-corrected chi connectivity index (χ3v) is 5.34. The van der Waals surface area contributed by atoms with Crippen molar-refractivity contribution < 1.29 is 4.79 Å². The molecule has 1 amide bonds. The minimum atomic E-state index is -0.339. The summed E-state index contributed by atoms with van der Waals surface area (Å²) in [6, 6.07) is 11.3. The maximum atomic E-state index is 13.2. The highest BCUT2D eigenvalue weighted by Gasteiger charge is 2.35. The van der Waals surface area contributed by atoms with E-state index in [0.29, 0.717) is 11.5 Å². The van der Waals surface area contributed by atoms with Gasteiger partial charge in [-0.15, -0.1) is 11.3 Å². The molecule has 4 rings (SSSR count). The third-order valence-electron chi connectivity index (χ3n) is 4.18. The molecule has 1 aromatic carbocycles. The van der Waals surface area contributed by atoms with Crippen molar-refractivity contribution in [3.8, 4) is 0 Å². The average Bonchev–Trinajstić information content (AvgIpc) is 3.13. The van der Waals surface area contributed by atoms with E-state index >= 15 is 0 Å². The number of rotatable bonds is 3. The van der Waals surface area contributed by atoms with Crippen LogP contribution < -0.4 is 10.2 Å². The summed E-state index contributed by atoms with van der Waals surface area (Å²) in [5.74, 6) is 0.323. The number of nitrogens with zero attached hydrogens (tertiary/aromatic N) is 3. The number of pyridine rings is 1. The maximum Gasteiger partial charge on any atom is 0.262 e. The van der Waals surface area contributed by atoms with Gasteiger partial charge in [-0.1, -0.05) is 26.0 Å². The van der Waals surface area contributed by atoms with Gasteiger partial charge in [0.2, 0.25) is 0 Å². The van der Waals surface area contributed by atoms with Gasteiger partial charge in [0, 0.05) is 35.1 Å². The van der Waals surface area contributed by atoms with Gasteiger partial charge in [0.1, 0.15) is 0 Å². The van der Waals surface area contributed by atoms with Crippen molar-refractivity contribution in [2.24, 2.45) is 0 Å². The molecule has 0 saturated carbocycles. The Morgan fingerprint density at radius 1 is 1.16 bits per heavy atom. The lowest BCUT2D eigenvalue weighted by atomic mass is 10.1. The number of fused-ring (bicyclic) bond motifs is 1. The second-order valence-corrected chi connectivity index (χ2v) is 7.13. The Kier molecular flexibility index (Phi) is 3.97. The van der Waals surface area contributed by atoms with E-state index in [4.69, 9.17) is 4.98 Å². The van der Waals surface area contributed by atoms with E-state index in [1.54, 1.807) is 28.6 Å². The van der Waals surface area contributed by atoms with E-state index in [0.717, 1.165) is 22.1 Å². The molecule has 25 heavy (non-hydrogen) atoms. The van der Waals surface area contributed by atoms with Gasteiger partial charge in [-0.05, 0) is 24.3 Å². The summed E-state index contributed by atoms with van der Waals surface area (Å²) < 4.78 is 0. The first-order chi connectivity index (χ1) is 12.1. The van der Waals surface area contributed by atoms with Crippen molar-refractivity contribution >= 4 is 28.6 Å². The Morgan fingerprint density at radius 3 is 2.64 bits per heavy atom. The molecule has 0 bridgehead atoms. The van der Waals surface area contributed by atoms with Gasteiger partial charge in [-0.2, -0.15) is 0 Å². The van der Waals surface area contributed by atoms with Crippen LogP contribution in [-0.2, 0) is 0 Å². The van der Waals surface area contributed by atoms with Crippen LogP contribution in [0.5, 0.6) is 0 Å². The summed E-state index contributed by atoms with van der Waals surface area (Å²) in [4.78, 5) is 23.8. The highest BCUT2D eigenvalue weighted by atomic mass is 32.1. The molecular formula is C19H18N4OS. The van der Waals surface area contributed by atoms with Crippen molar-refractivity contribution in [1.29, 1.82) is 0 Å². The fourth-order valence-corrected chi connectivity index (χ4v) is 3.78. The minimum Gasteiger partial charge on any atom is -0.359 e. The van der Waals surface area contributed by atoms with Crippen molar-refractivity contribution in [2.75, 3.05) is 10.2 Å². The molecule has 126 valence electrons. The monoisotopic (exact) mass is 350 g/mol. The lowest BCUT2D eigenvalue weighted by molar-refractivity contribution is 0.0974. The standard InChI is InChI=1S/C19H18N4OS/c1-12(2)18-22-16(11-25-18)17-21-15-6-4-3-5-14(15)19(24)23(17)13-7-9-20-10-8-13/h3-12,17,21H,1-2H3/t17-/m0/s1. The molecule has 0 saturated heterocycles. The zero-order valence-corrected chi connectivity index (χ0v) is 14.8. The molecule has 3 heterocycles. The van der Waals surface area contributed by atoms with Crippen molar-refractivity contribution in [3.63, 3.8) is 0 Å². The van der Waals surface area contributed by atoms with Crippen LogP contribution in [0.25, 0.3) is 0 Å². The summed E-state index contributed by atoms with van der Waals surface area (Å²) in [7, 11) is 0. The zero-order chi connectivity index (χ0) is 17.4. The topological polar surface area (TPSA) is 58.1 Å². The number of amides is 1. The van der Waals surface area contributed by atoms with E-state index in [2.05, 4.69) is 24.1 Å². The van der Waals surface area contributed by atoms with Gasteiger partial charge in [-0.3, -0.25) is 14.7 Å². The van der Waals surface area contributed by atoms with Gasteiger partial charge < -0.3 is 5.32 Å². The summed E-state index contributed by atoms with van der Waals surface area (Å²) in [5.41, 5.74) is 3.15. The second kappa shape index (κ2) is 6.29. The minimum absolute atomic E-state index is 0.0374. The highest BCUT2D eigenvalue weighted by molar-refractivity contribution is 7.09. The summed E-state index contributed by atoms with van der Waals surface area (Å²) in [5, 5.41) is 6.57. The molecular weight excluding hydrogens is 332 g/mol. The molecule has 6 heteroatoms. The molecule has 1 aliphatic heterocycles. The molecule has 2 aromatic heterocycles. The quantitative estimate of drug-likeness (QED) is 0.759. The third kappa shape index (κ3) is 2.78. The molecule has 3 aromatic rings. The molecule has 0 spiro atoms. The number of nitrogens with one attached hydrogen (secondary N) is 1. The fraction of sp³-hybridized carbons (Fsp3) is 0.211. The Bertz CT molecular complexity index is 907. The smallest absolute Gasteiger partial charge is 0.262 e. The first kappa shape index (κ1) is 15.8. The van der Waals surface area contributed by atoms with Crippen molar-refractivity contribution in [2.45, 2.75) is 25.9 Å². The molecule has 0 fully saturated rings. The Hall–Kier alpha value is -2.73. The Morgan fingerprint density at radius 2 is 1.92 bits per heavy atom. The number of para-hydroxylation sites is 1. The molecule has 0 aliphatic carbocycles. The lowest BCUT2D eigenvalue weighted by Gasteiger charge is -2.37. The van der Waals surface area contributed by atoms with Gasteiger partial charge in [0.15, 0.2) is 6.17 Å². The summed E-state index contributed by atoms with van der Waals surface area (Å²) in [6.45, 7) is 4.25. The van der Waals surface area contributed by atoms with E-state index in [1.165, 1.54) is 0 Å². The number of carbonyl (C=O) groups excluding carboxylic acids is 1. The van der Waals surface area contributed by atoms with Crippen molar-refractivity contribution in [3.05, 3.63) is 70.4 Å². The van der Waals surface area contributed by atoms with Crippen molar-refractivity contribution in [1.82, 2.24) is 9.97 Å². The summed E-state index contributed by atoms with van der Waals surface area (Å²) in [6.07, 6.45) is 3.05. The number of thiazole rings is 1. The predicted octanol–water partition coefficient (Wildman–Crippen LogP) is 4.43. The molecule has 0 unspecified atom stereocenters. The number of anilines is 2. The van der Waals surface area contributed by atoms with Crippen LogP contribution in [0.15, 0.2) is 54.2 Å². The normalized spacial score (nSPS) is 16.7. The van der Waals surface area contributed by atoms with Crippen LogP contribution in [0, 0.1) is 0 Å². The van der Waals surface area contributed by atoms with Gasteiger partial charge in [-0.25, -0.2) is 4.98 Å².